The van der Waals surface area contributed by atoms with Gasteiger partial charge in [0.15, 0.2) is 0 Å². The molecule has 0 bridgehead atoms. The Balaban J connectivity index is 1.51. The van der Waals surface area contributed by atoms with E-state index in [1.54, 1.807) is 28.8 Å². The SMILES string of the molecule is CC(NC(=O)c1ccccc1NC(=O)Cn1c(NCCO)nc2ccccc21)c1ccccc1. The highest BCUT2D eigenvalue weighted by molar-refractivity contribution is 6.04. The van der Waals surface area contributed by atoms with Gasteiger partial charge in [-0.1, -0.05) is 54.6 Å². The first-order chi connectivity index (χ1) is 16.6. The molecule has 34 heavy (non-hydrogen) atoms. The van der Waals surface area contributed by atoms with Crippen molar-refractivity contribution in [2.45, 2.75) is 19.5 Å². The summed E-state index contributed by atoms with van der Waals surface area (Å²) in [6, 6.07) is 23.9. The third-order valence-corrected chi connectivity index (χ3v) is 5.44. The molecule has 0 aliphatic rings. The maximum absolute atomic E-state index is 13.0. The first-order valence-corrected chi connectivity index (χ1v) is 11.1. The Hall–Kier alpha value is -4.17. The maximum Gasteiger partial charge on any atom is 0.253 e. The van der Waals surface area contributed by atoms with Gasteiger partial charge in [0.2, 0.25) is 11.9 Å². The lowest BCUT2D eigenvalue weighted by Gasteiger charge is -2.17. The summed E-state index contributed by atoms with van der Waals surface area (Å²) in [5.41, 5.74) is 3.34. The van der Waals surface area contributed by atoms with Gasteiger partial charge in [-0.3, -0.25) is 9.59 Å². The normalized spacial score (nSPS) is 11.7. The minimum absolute atomic E-state index is 0.00928. The number of aromatic nitrogens is 2. The van der Waals surface area contributed by atoms with Crippen molar-refractivity contribution in [2.24, 2.45) is 0 Å². The molecule has 1 aromatic heterocycles. The molecule has 4 aromatic rings. The lowest BCUT2D eigenvalue weighted by Crippen LogP contribution is -2.28. The number of nitrogens with one attached hydrogen (secondary N) is 3. The Morgan fingerprint density at radius 2 is 1.68 bits per heavy atom. The van der Waals surface area contributed by atoms with Crippen LogP contribution in [0.25, 0.3) is 11.0 Å². The van der Waals surface area contributed by atoms with Gasteiger partial charge in [0.05, 0.1) is 34.9 Å². The molecular weight excluding hydrogens is 430 g/mol. The number of para-hydroxylation sites is 3. The van der Waals surface area contributed by atoms with Crippen LogP contribution >= 0.6 is 0 Å². The van der Waals surface area contributed by atoms with Crippen molar-refractivity contribution < 1.29 is 14.7 Å². The summed E-state index contributed by atoms with van der Waals surface area (Å²) in [7, 11) is 0. The van der Waals surface area contributed by atoms with Crippen molar-refractivity contribution >= 4 is 34.5 Å². The van der Waals surface area contributed by atoms with Gasteiger partial charge in [-0.25, -0.2) is 4.98 Å². The predicted molar refractivity (Wildman–Crippen MR) is 133 cm³/mol. The molecule has 3 aromatic carbocycles. The summed E-state index contributed by atoms with van der Waals surface area (Å²) in [5.74, 6) is -0.0784. The smallest absolute Gasteiger partial charge is 0.253 e. The summed E-state index contributed by atoms with van der Waals surface area (Å²) in [4.78, 5) is 30.5. The predicted octanol–water partition coefficient (Wildman–Crippen LogP) is 3.57. The largest absolute Gasteiger partial charge is 0.395 e. The molecule has 4 rings (SSSR count). The van der Waals surface area contributed by atoms with Crippen molar-refractivity contribution in [3.05, 3.63) is 90.0 Å². The fourth-order valence-corrected chi connectivity index (χ4v) is 3.76. The lowest BCUT2D eigenvalue weighted by molar-refractivity contribution is -0.116. The average molecular weight is 458 g/mol. The second-order valence-electron chi connectivity index (χ2n) is 7.86. The van der Waals surface area contributed by atoms with E-state index in [2.05, 4.69) is 20.9 Å². The van der Waals surface area contributed by atoms with Crippen molar-refractivity contribution in [2.75, 3.05) is 23.8 Å². The number of imidazole rings is 1. The topological polar surface area (TPSA) is 108 Å². The van der Waals surface area contributed by atoms with E-state index >= 15 is 0 Å². The monoisotopic (exact) mass is 457 g/mol. The van der Waals surface area contributed by atoms with Crippen LogP contribution in [0, 0.1) is 0 Å². The number of carbonyl (C=O) groups excluding carboxylic acids is 2. The molecule has 1 atom stereocenters. The summed E-state index contributed by atoms with van der Waals surface area (Å²) in [5, 5.41) is 18.1. The molecule has 8 heteroatoms. The van der Waals surface area contributed by atoms with E-state index in [1.807, 2.05) is 61.5 Å². The Morgan fingerprint density at radius 3 is 2.47 bits per heavy atom. The van der Waals surface area contributed by atoms with Crippen LogP contribution in [0.15, 0.2) is 78.9 Å². The molecule has 0 fully saturated rings. The zero-order chi connectivity index (χ0) is 23.9. The van der Waals surface area contributed by atoms with E-state index in [0.29, 0.717) is 23.7 Å². The quantitative estimate of drug-likeness (QED) is 0.307. The summed E-state index contributed by atoms with van der Waals surface area (Å²) < 4.78 is 1.75. The van der Waals surface area contributed by atoms with Gasteiger partial charge in [0.1, 0.15) is 6.54 Å². The number of nitrogens with zero attached hydrogens (tertiary/aromatic N) is 2. The van der Waals surface area contributed by atoms with Crippen LogP contribution < -0.4 is 16.0 Å². The number of amides is 2. The third kappa shape index (κ3) is 5.24. The Labute approximate surface area is 197 Å². The van der Waals surface area contributed by atoms with Crippen molar-refractivity contribution in [3.63, 3.8) is 0 Å². The van der Waals surface area contributed by atoms with Crippen LogP contribution in [0.2, 0.25) is 0 Å². The Bertz CT molecular complexity index is 1290. The lowest BCUT2D eigenvalue weighted by atomic mass is 10.1. The number of aliphatic hydroxyl groups is 1. The molecule has 0 saturated carbocycles. The van der Waals surface area contributed by atoms with Gasteiger partial charge >= 0.3 is 0 Å². The Kier molecular flexibility index (Phi) is 7.19. The van der Waals surface area contributed by atoms with Crippen LogP contribution in [0.1, 0.15) is 28.9 Å². The minimum atomic E-state index is -0.299. The maximum atomic E-state index is 13.0. The first kappa shape index (κ1) is 23.0. The minimum Gasteiger partial charge on any atom is -0.395 e. The van der Waals surface area contributed by atoms with E-state index in [-0.39, 0.29) is 31.0 Å². The van der Waals surface area contributed by atoms with Crippen molar-refractivity contribution in [1.29, 1.82) is 0 Å². The number of hydrogen-bond acceptors (Lipinski definition) is 5. The molecular formula is C26H27N5O3. The Morgan fingerprint density at radius 1 is 0.971 bits per heavy atom. The highest BCUT2D eigenvalue weighted by Gasteiger charge is 2.18. The van der Waals surface area contributed by atoms with E-state index in [4.69, 9.17) is 0 Å². The van der Waals surface area contributed by atoms with E-state index in [1.165, 1.54) is 0 Å². The van der Waals surface area contributed by atoms with Crippen LogP contribution in [0.3, 0.4) is 0 Å². The number of aliphatic hydroxyl groups excluding tert-OH is 1. The zero-order valence-electron chi connectivity index (χ0n) is 18.9. The molecule has 174 valence electrons. The highest BCUT2D eigenvalue weighted by Crippen LogP contribution is 2.21. The average Bonchev–Trinajstić information content (AvgIpc) is 3.20. The van der Waals surface area contributed by atoms with Crippen molar-refractivity contribution in [3.8, 4) is 0 Å². The van der Waals surface area contributed by atoms with Crippen LogP contribution in [0.5, 0.6) is 0 Å². The summed E-state index contributed by atoms with van der Waals surface area (Å²) >= 11 is 0. The third-order valence-electron chi connectivity index (χ3n) is 5.44. The second-order valence-corrected chi connectivity index (χ2v) is 7.86. The molecule has 1 heterocycles. The number of carbonyl (C=O) groups is 2. The molecule has 0 spiro atoms. The molecule has 8 nitrogen and oxygen atoms in total. The number of hydrogen-bond donors (Lipinski definition) is 4. The standard InChI is InChI=1S/C26H27N5O3/c1-18(19-9-3-2-4-10-19)28-25(34)20-11-5-6-12-21(20)29-24(33)17-31-23-14-8-7-13-22(23)30-26(31)27-15-16-32/h2-14,18,32H,15-17H2,1H3,(H,27,30)(H,28,34)(H,29,33). The fourth-order valence-electron chi connectivity index (χ4n) is 3.76. The molecule has 0 radical (unpaired) electrons. The summed E-state index contributed by atoms with van der Waals surface area (Å²) in [6.45, 7) is 2.16. The van der Waals surface area contributed by atoms with Gasteiger partial charge in [-0.2, -0.15) is 0 Å². The summed E-state index contributed by atoms with van der Waals surface area (Å²) in [6.07, 6.45) is 0. The van der Waals surface area contributed by atoms with Crippen molar-refractivity contribution in [1.82, 2.24) is 14.9 Å². The molecule has 0 aliphatic carbocycles. The number of fused-ring (bicyclic) bond motifs is 1. The van der Waals surface area contributed by atoms with Crippen LogP contribution in [-0.2, 0) is 11.3 Å². The molecule has 2 amide bonds. The van der Waals surface area contributed by atoms with Gasteiger partial charge in [-0.05, 0) is 36.8 Å². The molecule has 0 aliphatic heterocycles. The number of benzene rings is 3. The van der Waals surface area contributed by atoms with E-state index < -0.39 is 0 Å². The number of anilines is 2. The van der Waals surface area contributed by atoms with Crippen LogP contribution in [0.4, 0.5) is 11.6 Å². The molecule has 1 unspecified atom stereocenters. The van der Waals surface area contributed by atoms with E-state index in [0.717, 1.165) is 16.6 Å². The van der Waals surface area contributed by atoms with Gasteiger partial charge in [0, 0.05) is 6.54 Å². The van der Waals surface area contributed by atoms with Crippen LogP contribution in [-0.4, -0.2) is 39.6 Å². The second kappa shape index (κ2) is 10.6. The first-order valence-electron chi connectivity index (χ1n) is 11.1. The van der Waals surface area contributed by atoms with E-state index in [9.17, 15) is 14.7 Å². The zero-order valence-corrected chi connectivity index (χ0v) is 18.9. The fraction of sp³-hybridized carbons (Fsp3) is 0.192. The van der Waals surface area contributed by atoms with Gasteiger partial charge < -0.3 is 25.6 Å². The molecule has 4 N–H and O–H groups in total. The number of rotatable bonds is 9. The van der Waals surface area contributed by atoms with Gasteiger partial charge in [0.25, 0.3) is 5.91 Å². The highest BCUT2D eigenvalue weighted by atomic mass is 16.3. The molecule has 0 saturated heterocycles. The van der Waals surface area contributed by atoms with Gasteiger partial charge in [-0.15, -0.1) is 0 Å².